The normalized spacial score (nSPS) is 10.7. The highest BCUT2D eigenvalue weighted by Gasteiger charge is 2.06. The maximum absolute atomic E-state index is 5.94. The second-order valence-corrected chi connectivity index (χ2v) is 4.57. The second-order valence-electron chi connectivity index (χ2n) is 2.75. The third-order valence-electron chi connectivity index (χ3n) is 1.74. The van der Waals surface area contributed by atoms with Gasteiger partial charge >= 0.3 is 0 Å². The Hall–Kier alpha value is -0.710. The van der Waals surface area contributed by atoms with Crippen LogP contribution in [0, 0.1) is 0 Å². The number of rotatable bonds is 2. The lowest BCUT2D eigenvalue weighted by Crippen LogP contribution is -1.99. The van der Waals surface area contributed by atoms with Crippen molar-refractivity contribution in [2.45, 2.75) is 6.54 Å². The number of thiophene rings is 1. The molecule has 0 saturated heterocycles. The van der Waals surface area contributed by atoms with Gasteiger partial charge in [-0.15, -0.1) is 11.3 Å². The van der Waals surface area contributed by atoms with Crippen LogP contribution in [0.1, 0.15) is 4.88 Å². The summed E-state index contributed by atoms with van der Waals surface area (Å²) in [4.78, 5) is 1.05. The highest BCUT2D eigenvalue weighted by molar-refractivity contribution is 7.10. The molecule has 2 heterocycles. The minimum Gasteiger partial charge on any atom is -0.381 e. The highest BCUT2D eigenvalue weighted by Crippen LogP contribution is 2.24. The number of hydrogen-bond acceptors (Lipinski definition) is 3. The predicted octanol–water partition coefficient (Wildman–Crippen LogP) is 2.88. The van der Waals surface area contributed by atoms with Gasteiger partial charge in [-0.2, -0.15) is 5.10 Å². The Bertz CT molecular complexity index is 430. The number of halogens is 2. The van der Waals surface area contributed by atoms with E-state index in [0.29, 0.717) is 17.4 Å². The zero-order chi connectivity index (χ0) is 10.1. The maximum Gasteiger partial charge on any atom is 0.164 e. The summed E-state index contributed by atoms with van der Waals surface area (Å²) in [6.07, 6.45) is 1.69. The van der Waals surface area contributed by atoms with Crippen LogP contribution in [-0.2, 0) is 6.54 Å². The van der Waals surface area contributed by atoms with Crippen LogP contribution in [0.2, 0.25) is 10.0 Å². The summed E-state index contributed by atoms with van der Waals surface area (Å²) in [5.74, 6) is 0.347. The summed E-state index contributed by atoms with van der Waals surface area (Å²) in [7, 11) is 0. The van der Waals surface area contributed by atoms with Crippen LogP contribution < -0.4 is 5.73 Å². The molecule has 0 unspecified atom stereocenters. The molecule has 0 amide bonds. The van der Waals surface area contributed by atoms with Crippen LogP contribution in [0.5, 0.6) is 0 Å². The van der Waals surface area contributed by atoms with Gasteiger partial charge in [0.2, 0.25) is 0 Å². The monoisotopic (exact) mass is 247 g/mol. The van der Waals surface area contributed by atoms with E-state index >= 15 is 0 Å². The van der Waals surface area contributed by atoms with E-state index in [1.54, 1.807) is 22.2 Å². The Kier molecular flexibility index (Phi) is 2.67. The lowest BCUT2D eigenvalue weighted by atomic mass is 10.4. The summed E-state index contributed by atoms with van der Waals surface area (Å²) < 4.78 is 1.68. The van der Waals surface area contributed by atoms with Gasteiger partial charge in [-0.25, -0.2) is 0 Å². The minimum absolute atomic E-state index is 0.347. The van der Waals surface area contributed by atoms with Crippen LogP contribution in [0.15, 0.2) is 17.6 Å². The summed E-state index contributed by atoms with van der Waals surface area (Å²) in [6, 6.07) is 1.86. The molecule has 2 N–H and O–H groups in total. The van der Waals surface area contributed by atoms with Crippen molar-refractivity contribution in [2.75, 3.05) is 5.73 Å². The van der Waals surface area contributed by atoms with Gasteiger partial charge in [0.1, 0.15) is 5.02 Å². The van der Waals surface area contributed by atoms with Gasteiger partial charge in [-0.05, 0) is 11.4 Å². The van der Waals surface area contributed by atoms with E-state index in [2.05, 4.69) is 5.10 Å². The molecule has 3 nitrogen and oxygen atoms in total. The van der Waals surface area contributed by atoms with Crippen molar-refractivity contribution in [3.63, 3.8) is 0 Å². The van der Waals surface area contributed by atoms with Gasteiger partial charge in [0, 0.05) is 11.1 Å². The van der Waals surface area contributed by atoms with Crippen molar-refractivity contribution in [1.82, 2.24) is 9.78 Å². The first-order valence-electron chi connectivity index (χ1n) is 3.87. The number of aromatic nitrogens is 2. The van der Waals surface area contributed by atoms with E-state index in [4.69, 9.17) is 28.9 Å². The van der Waals surface area contributed by atoms with E-state index in [1.807, 2.05) is 11.4 Å². The number of nitrogens with two attached hydrogens (primary N) is 1. The van der Waals surface area contributed by atoms with E-state index in [9.17, 15) is 0 Å². The van der Waals surface area contributed by atoms with Gasteiger partial charge in [0.15, 0.2) is 5.82 Å². The summed E-state index contributed by atoms with van der Waals surface area (Å²) >= 11 is 13.3. The molecule has 0 bridgehead atoms. The third-order valence-corrected chi connectivity index (χ3v) is 3.40. The molecule has 0 aliphatic carbocycles. The number of anilines is 1. The van der Waals surface area contributed by atoms with Crippen LogP contribution in [0.3, 0.4) is 0 Å². The summed E-state index contributed by atoms with van der Waals surface area (Å²) in [5, 5.41) is 7.19. The van der Waals surface area contributed by atoms with Crippen molar-refractivity contribution < 1.29 is 0 Å². The maximum atomic E-state index is 5.94. The zero-order valence-corrected chi connectivity index (χ0v) is 9.40. The number of nitrogens with zero attached hydrogens (tertiary/aromatic N) is 2. The third kappa shape index (κ3) is 1.87. The fourth-order valence-corrected chi connectivity index (χ4v) is 2.32. The Morgan fingerprint density at radius 3 is 2.71 bits per heavy atom. The second kappa shape index (κ2) is 3.81. The van der Waals surface area contributed by atoms with Crippen molar-refractivity contribution >= 4 is 40.4 Å². The number of nitrogen functional groups attached to an aromatic ring is 1. The van der Waals surface area contributed by atoms with Gasteiger partial charge in [-0.3, -0.25) is 4.68 Å². The fourth-order valence-electron chi connectivity index (χ4n) is 1.08. The van der Waals surface area contributed by atoms with E-state index < -0.39 is 0 Å². The molecule has 0 saturated carbocycles. The standard InChI is InChI=1S/C8H7Cl2N3S/c9-5-1-2-14-7(5)4-13-3-6(10)8(11)12-13/h1-3H,4H2,(H2,11,12). The lowest BCUT2D eigenvalue weighted by Gasteiger charge is -1.98. The molecule has 74 valence electrons. The Morgan fingerprint density at radius 1 is 1.43 bits per heavy atom. The molecule has 2 aromatic heterocycles. The van der Waals surface area contributed by atoms with Crippen LogP contribution in [0.25, 0.3) is 0 Å². The molecule has 6 heteroatoms. The van der Waals surface area contributed by atoms with Gasteiger partial charge in [0.25, 0.3) is 0 Å². The van der Waals surface area contributed by atoms with Gasteiger partial charge in [0.05, 0.1) is 11.6 Å². The molecule has 0 spiro atoms. The van der Waals surface area contributed by atoms with E-state index in [-0.39, 0.29) is 0 Å². The minimum atomic E-state index is 0.347. The molecule has 14 heavy (non-hydrogen) atoms. The van der Waals surface area contributed by atoms with Gasteiger partial charge in [-0.1, -0.05) is 23.2 Å². The average Bonchev–Trinajstić information content (AvgIpc) is 2.63. The van der Waals surface area contributed by atoms with E-state index in [0.717, 1.165) is 9.90 Å². The summed E-state index contributed by atoms with van der Waals surface area (Å²) in [6.45, 7) is 0.605. The van der Waals surface area contributed by atoms with Crippen LogP contribution >= 0.6 is 34.5 Å². The first kappa shape index (κ1) is 9.83. The zero-order valence-electron chi connectivity index (χ0n) is 7.08. The van der Waals surface area contributed by atoms with Crippen LogP contribution in [-0.4, -0.2) is 9.78 Å². The Morgan fingerprint density at radius 2 is 2.21 bits per heavy atom. The molecular weight excluding hydrogens is 241 g/mol. The molecule has 0 fully saturated rings. The molecular formula is C8H7Cl2N3S. The molecule has 2 aromatic rings. The quantitative estimate of drug-likeness (QED) is 0.887. The first-order chi connectivity index (χ1) is 6.66. The molecule has 0 atom stereocenters. The first-order valence-corrected chi connectivity index (χ1v) is 5.50. The van der Waals surface area contributed by atoms with Gasteiger partial charge < -0.3 is 5.73 Å². The molecule has 0 aromatic carbocycles. The van der Waals surface area contributed by atoms with E-state index in [1.165, 1.54) is 0 Å². The topological polar surface area (TPSA) is 43.8 Å². The van der Waals surface area contributed by atoms with Crippen molar-refractivity contribution in [2.24, 2.45) is 0 Å². The Balaban J connectivity index is 2.23. The molecule has 0 radical (unpaired) electrons. The predicted molar refractivity (Wildman–Crippen MR) is 60.1 cm³/mol. The largest absolute Gasteiger partial charge is 0.381 e. The molecule has 2 rings (SSSR count). The fraction of sp³-hybridized carbons (Fsp3) is 0.125. The smallest absolute Gasteiger partial charge is 0.164 e. The Labute approximate surface area is 95.0 Å². The van der Waals surface area contributed by atoms with Crippen molar-refractivity contribution in [3.05, 3.63) is 32.6 Å². The lowest BCUT2D eigenvalue weighted by molar-refractivity contribution is 0.698. The summed E-state index contributed by atoms with van der Waals surface area (Å²) in [5.41, 5.74) is 5.51. The molecule has 0 aliphatic rings. The number of hydrogen-bond donors (Lipinski definition) is 1. The molecule has 0 aliphatic heterocycles. The highest BCUT2D eigenvalue weighted by atomic mass is 35.5. The average molecular weight is 248 g/mol. The SMILES string of the molecule is Nc1nn(Cc2sccc2Cl)cc1Cl. The van der Waals surface area contributed by atoms with Crippen molar-refractivity contribution in [1.29, 1.82) is 0 Å². The van der Waals surface area contributed by atoms with Crippen LogP contribution in [0.4, 0.5) is 5.82 Å². The van der Waals surface area contributed by atoms with Crippen molar-refractivity contribution in [3.8, 4) is 0 Å².